The third-order valence-corrected chi connectivity index (χ3v) is 4.61. The number of nitrogens with one attached hydrogen (secondary N) is 1. The molecule has 1 N–H and O–H groups in total. The Labute approximate surface area is 141 Å². The first kappa shape index (κ1) is 14.8. The quantitative estimate of drug-likeness (QED) is 0.902. The molecule has 2 aliphatic carbocycles. The number of hydrogen-bond donors (Lipinski definition) is 1. The zero-order valence-electron chi connectivity index (χ0n) is 13.4. The van der Waals surface area contributed by atoms with Crippen LogP contribution in [0.5, 0.6) is 5.75 Å². The van der Waals surface area contributed by atoms with E-state index >= 15 is 0 Å². The molecule has 0 aliphatic heterocycles. The molecule has 0 radical (unpaired) electrons. The average molecular weight is 317 g/mol. The normalized spacial score (nSPS) is 17.7. The molecule has 0 spiro atoms. The summed E-state index contributed by atoms with van der Waals surface area (Å²) in [6.45, 7) is 0. The summed E-state index contributed by atoms with van der Waals surface area (Å²) < 4.78 is 5.83. The summed E-state index contributed by atoms with van der Waals surface area (Å²) in [5, 5.41) is 3.09. The Bertz CT molecular complexity index is 802. The van der Waals surface area contributed by atoms with E-state index in [0.29, 0.717) is 6.42 Å². The smallest absolute Gasteiger partial charge is 0.234 e. The molecule has 4 rings (SSSR count). The van der Waals surface area contributed by atoms with Crippen molar-refractivity contribution in [2.75, 3.05) is 0 Å². The van der Waals surface area contributed by atoms with Gasteiger partial charge in [0.05, 0.1) is 5.41 Å². The van der Waals surface area contributed by atoms with Crippen molar-refractivity contribution in [2.45, 2.75) is 24.7 Å². The van der Waals surface area contributed by atoms with E-state index < -0.39 is 0 Å². The molecular formula is C21H19NO2. The van der Waals surface area contributed by atoms with Gasteiger partial charge in [0.2, 0.25) is 5.91 Å². The average Bonchev–Trinajstić information content (AvgIpc) is 3.33. The van der Waals surface area contributed by atoms with E-state index in [4.69, 9.17) is 4.74 Å². The van der Waals surface area contributed by atoms with Crippen molar-refractivity contribution in [3.8, 4) is 5.75 Å². The molecule has 0 saturated heterocycles. The molecule has 120 valence electrons. The van der Waals surface area contributed by atoms with Crippen LogP contribution in [0, 0.1) is 0 Å². The van der Waals surface area contributed by atoms with Gasteiger partial charge in [-0.3, -0.25) is 4.79 Å². The Balaban J connectivity index is 1.37. The number of carbonyl (C=O) groups is 1. The fourth-order valence-electron chi connectivity index (χ4n) is 3.09. The first-order valence-electron chi connectivity index (χ1n) is 8.26. The maximum Gasteiger partial charge on any atom is 0.234 e. The number of carbonyl (C=O) groups excluding carboxylic acids is 1. The van der Waals surface area contributed by atoms with E-state index in [1.807, 2.05) is 72.8 Å². The monoisotopic (exact) mass is 317 g/mol. The number of amides is 1. The molecule has 24 heavy (non-hydrogen) atoms. The van der Waals surface area contributed by atoms with Crippen molar-refractivity contribution in [1.82, 2.24) is 5.32 Å². The van der Waals surface area contributed by atoms with Gasteiger partial charge in [-0.1, -0.05) is 48.5 Å². The summed E-state index contributed by atoms with van der Waals surface area (Å²) in [5.41, 5.74) is 1.66. The highest BCUT2D eigenvalue weighted by molar-refractivity contribution is 5.92. The molecule has 0 unspecified atom stereocenters. The lowest BCUT2D eigenvalue weighted by Gasteiger charge is -2.16. The summed E-state index contributed by atoms with van der Waals surface area (Å²) in [5.74, 6) is 1.75. The predicted octanol–water partition coefficient (Wildman–Crippen LogP) is 4.08. The van der Waals surface area contributed by atoms with Gasteiger partial charge in [0.1, 0.15) is 11.5 Å². The zero-order valence-corrected chi connectivity index (χ0v) is 13.4. The molecule has 0 aromatic heterocycles. The van der Waals surface area contributed by atoms with E-state index in [9.17, 15) is 4.79 Å². The Morgan fingerprint density at radius 3 is 2.25 bits per heavy atom. The summed E-state index contributed by atoms with van der Waals surface area (Å²) in [6.07, 6.45) is 6.29. The molecule has 1 amide bonds. The summed E-state index contributed by atoms with van der Waals surface area (Å²) in [4.78, 5) is 12.7. The van der Waals surface area contributed by atoms with Crippen molar-refractivity contribution in [3.63, 3.8) is 0 Å². The SMILES string of the molecule is O=C(NC1=CC=C(Oc2ccccc2)C1)C1(c2ccccc2)CC1. The van der Waals surface area contributed by atoms with Crippen LogP contribution in [0.15, 0.2) is 84.3 Å². The van der Waals surface area contributed by atoms with E-state index in [-0.39, 0.29) is 11.3 Å². The summed E-state index contributed by atoms with van der Waals surface area (Å²) in [7, 11) is 0. The first-order chi connectivity index (χ1) is 11.8. The number of rotatable bonds is 5. The second-order valence-corrected chi connectivity index (χ2v) is 6.32. The number of ether oxygens (including phenoxy) is 1. The van der Waals surface area contributed by atoms with E-state index in [1.165, 1.54) is 0 Å². The van der Waals surface area contributed by atoms with Crippen molar-refractivity contribution < 1.29 is 9.53 Å². The van der Waals surface area contributed by atoms with Gasteiger partial charge >= 0.3 is 0 Å². The van der Waals surface area contributed by atoms with E-state index in [0.717, 1.165) is 35.6 Å². The minimum absolute atomic E-state index is 0.0920. The molecular weight excluding hydrogens is 298 g/mol. The molecule has 0 atom stereocenters. The van der Waals surface area contributed by atoms with E-state index in [1.54, 1.807) is 0 Å². The highest BCUT2D eigenvalue weighted by Gasteiger charge is 2.51. The van der Waals surface area contributed by atoms with Gasteiger partial charge in [0, 0.05) is 12.1 Å². The number of para-hydroxylation sites is 1. The third kappa shape index (κ3) is 2.85. The van der Waals surface area contributed by atoms with Crippen LogP contribution < -0.4 is 10.1 Å². The Hall–Kier alpha value is -2.81. The van der Waals surface area contributed by atoms with Crippen LogP contribution in [0.25, 0.3) is 0 Å². The van der Waals surface area contributed by atoms with Gasteiger partial charge in [0.15, 0.2) is 0 Å². The van der Waals surface area contributed by atoms with Crippen LogP contribution >= 0.6 is 0 Å². The molecule has 3 heteroatoms. The molecule has 0 heterocycles. The van der Waals surface area contributed by atoms with Gasteiger partial charge in [-0.2, -0.15) is 0 Å². The van der Waals surface area contributed by atoms with Crippen molar-refractivity contribution in [2.24, 2.45) is 0 Å². The van der Waals surface area contributed by atoms with Crippen LogP contribution in [-0.2, 0) is 10.2 Å². The van der Waals surface area contributed by atoms with Crippen molar-refractivity contribution >= 4 is 5.91 Å². The molecule has 1 fully saturated rings. The first-order valence-corrected chi connectivity index (χ1v) is 8.26. The fraction of sp³-hybridized carbons (Fsp3) is 0.190. The minimum atomic E-state index is -0.342. The topological polar surface area (TPSA) is 38.3 Å². The second-order valence-electron chi connectivity index (χ2n) is 6.32. The number of hydrogen-bond acceptors (Lipinski definition) is 2. The van der Waals surface area contributed by atoms with Crippen LogP contribution in [0.1, 0.15) is 24.8 Å². The fourth-order valence-corrected chi connectivity index (χ4v) is 3.09. The summed E-state index contributed by atoms with van der Waals surface area (Å²) in [6, 6.07) is 19.7. The van der Waals surface area contributed by atoms with E-state index in [2.05, 4.69) is 5.32 Å². The summed E-state index contributed by atoms with van der Waals surface area (Å²) >= 11 is 0. The lowest BCUT2D eigenvalue weighted by atomic mass is 9.95. The Morgan fingerprint density at radius 1 is 0.917 bits per heavy atom. The molecule has 2 aliphatic rings. The van der Waals surface area contributed by atoms with Crippen molar-refractivity contribution in [3.05, 3.63) is 89.8 Å². The molecule has 1 saturated carbocycles. The van der Waals surface area contributed by atoms with Gasteiger partial charge in [-0.25, -0.2) is 0 Å². The highest BCUT2D eigenvalue weighted by atomic mass is 16.5. The molecule has 2 aromatic carbocycles. The maximum absolute atomic E-state index is 12.7. The second kappa shape index (κ2) is 6.00. The van der Waals surface area contributed by atoms with Crippen LogP contribution in [-0.4, -0.2) is 5.91 Å². The Kier molecular flexibility index (Phi) is 3.69. The minimum Gasteiger partial charge on any atom is -0.461 e. The van der Waals surface area contributed by atoms with Gasteiger partial charge in [0.25, 0.3) is 0 Å². The Morgan fingerprint density at radius 2 is 1.58 bits per heavy atom. The number of allylic oxidation sites excluding steroid dienone is 2. The predicted molar refractivity (Wildman–Crippen MR) is 93.3 cm³/mol. The standard InChI is InChI=1S/C21H19NO2/c23-20(21(13-14-21)16-7-3-1-4-8-16)22-17-11-12-19(15-17)24-18-9-5-2-6-10-18/h1-12H,13-15H2,(H,22,23). The number of benzene rings is 2. The van der Waals surface area contributed by atoms with Gasteiger partial charge in [-0.15, -0.1) is 0 Å². The van der Waals surface area contributed by atoms with Crippen LogP contribution in [0.3, 0.4) is 0 Å². The lowest BCUT2D eigenvalue weighted by molar-refractivity contribution is -0.122. The zero-order chi connectivity index (χ0) is 16.4. The van der Waals surface area contributed by atoms with Crippen LogP contribution in [0.4, 0.5) is 0 Å². The molecule has 2 aromatic rings. The third-order valence-electron chi connectivity index (χ3n) is 4.61. The highest BCUT2D eigenvalue weighted by Crippen LogP contribution is 2.48. The molecule has 0 bridgehead atoms. The van der Waals surface area contributed by atoms with Gasteiger partial charge < -0.3 is 10.1 Å². The lowest BCUT2D eigenvalue weighted by Crippen LogP contribution is -2.34. The van der Waals surface area contributed by atoms with Crippen molar-refractivity contribution in [1.29, 1.82) is 0 Å². The largest absolute Gasteiger partial charge is 0.461 e. The maximum atomic E-state index is 12.7. The van der Waals surface area contributed by atoms with Crippen LogP contribution in [0.2, 0.25) is 0 Å². The van der Waals surface area contributed by atoms with Gasteiger partial charge in [-0.05, 0) is 42.7 Å². The molecule has 3 nitrogen and oxygen atoms in total.